The van der Waals surface area contributed by atoms with E-state index in [2.05, 4.69) is 6.92 Å². The van der Waals surface area contributed by atoms with Gasteiger partial charge in [0.2, 0.25) is 0 Å². The second-order valence-corrected chi connectivity index (χ2v) is 9.36. The number of esters is 1. The Morgan fingerprint density at radius 2 is 1.37 bits per heavy atom. The van der Waals surface area contributed by atoms with E-state index >= 15 is 0 Å². The van der Waals surface area contributed by atoms with Gasteiger partial charge in [0.15, 0.2) is 0 Å². The fourth-order valence-corrected chi connectivity index (χ4v) is 3.56. The van der Waals surface area contributed by atoms with E-state index in [-0.39, 0.29) is 19.0 Å². The summed E-state index contributed by atoms with van der Waals surface area (Å²) in [5.41, 5.74) is 0. The molecule has 0 amide bonds. The fourth-order valence-electron chi connectivity index (χ4n) is 2.93. The highest BCUT2D eigenvalue weighted by Crippen LogP contribution is 2.29. The van der Waals surface area contributed by atoms with Crippen LogP contribution < -0.4 is 0 Å². The Balaban J connectivity index is 3.35. The second-order valence-electron chi connectivity index (χ2n) is 7.30. The average Bonchev–Trinajstić information content (AvgIpc) is 2.63. The molecule has 0 spiro atoms. The molecule has 0 aliphatic heterocycles. The summed E-state index contributed by atoms with van der Waals surface area (Å²) in [5, 5.41) is 8.58. The molecule has 0 rings (SSSR count). The summed E-state index contributed by atoms with van der Waals surface area (Å²) >= 11 is 5.59. The minimum absolute atomic E-state index is 0.0702. The van der Waals surface area contributed by atoms with E-state index in [0.29, 0.717) is 6.42 Å². The first-order valence-electron chi connectivity index (χ1n) is 10.6. The van der Waals surface area contributed by atoms with Gasteiger partial charge in [-0.05, 0) is 11.0 Å². The van der Waals surface area contributed by atoms with Gasteiger partial charge in [0.05, 0.1) is 6.10 Å². The number of halogens is 1. The first kappa shape index (κ1) is 26.8. The van der Waals surface area contributed by atoms with Crippen LogP contribution in [0.3, 0.4) is 0 Å². The van der Waals surface area contributed by atoms with Gasteiger partial charge in [0.25, 0.3) is 5.12 Å². The van der Waals surface area contributed by atoms with Gasteiger partial charge in [-0.25, -0.2) is 0 Å². The maximum Gasteiger partial charge on any atom is 0.525 e. The van der Waals surface area contributed by atoms with Gasteiger partial charge in [-0.3, -0.25) is 4.79 Å². The monoisotopic (exact) mass is 425 g/mol. The van der Waals surface area contributed by atoms with Crippen LogP contribution in [0, 0.1) is 0 Å². The van der Waals surface area contributed by atoms with Gasteiger partial charge in [-0.2, -0.15) is 4.89 Å². The first-order valence-corrected chi connectivity index (χ1v) is 12.3. The lowest BCUT2D eigenvalue weighted by Crippen LogP contribution is -2.21. The Morgan fingerprint density at radius 1 is 0.926 bits per heavy atom. The summed E-state index contributed by atoms with van der Waals surface area (Å²) in [6, 6.07) is 0. The minimum Gasteiger partial charge on any atom is -0.463 e. The molecule has 0 aromatic rings. The molecule has 7 heteroatoms. The van der Waals surface area contributed by atoms with Crippen molar-refractivity contribution in [3.8, 4) is 0 Å². The number of unbranched alkanes of at least 4 members (excludes halogenated alkanes) is 12. The number of aliphatic hydroxyl groups excluding tert-OH is 1. The lowest BCUT2D eigenvalue weighted by molar-refractivity contribution is -0.146. The summed E-state index contributed by atoms with van der Waals surface area (Å²) in [6.45, 7) is 2.07. The summed E-state index contributed by atoms with van der Waals surface area (Å²) in [4.78, 5) is 20.4. The van der Waals surface area contributed by atoms with E-state index in [0.717, 1.165) is 19.3 Å². The van der Waals surface area contributed by atoms with Gasteiger partial charge in [-0.15, -0.1) is 0 Å². The van der Waals surface area contributed by atoms with Gasteiger partial charge < -0.3 is 9.84 Å². The first-order chi connectivity index (χ1) is 13.0. The highest BCUT2D eigenvalue weighted by Gasteiger charge is 2.29. The quantitative estimate of drug-likeness (QED) is 0.114. The van der Waals surface area contributed by atoms with E-state index in [1.807, 2.05) is 0 Å². The van der Waals surface area contributed by atoms with Gasteiger partial charge in [0.1, 0.15) is 6.61 Å². The summed E-state index contributed by atoms with van der Waals surface area (Å²) < 4.78 is 15.7. The van der Waals surface area contributed by atoms with Crippen LogP contribution in [0.2, 0.25) is 0 Å². The molecule has 2 N–H and O–H groups in total. The molecule has 2 unspecified atom stereocenters. The Hall–Kier alpha value is -0.220. The van der Waals surface area contributed by atoms with Crippen molar-refractivity contribution in [1.29, 1.82) is 0 Å². The molecule has 0 aliphatic rings. The van der Waals surface area contributed by atoms with Crippen molar-refractivity contribution < 1.29 is 24.1 Å². The molecule has 0 heterocycles. The highest BCUT2D eigenvalue weighted by molar-refractivity contribution is 7.41. The molecular weight excluding hydrogens is 387 g/mol. The molecule has 0 radical (unpaired) electrons. The molecule has 0 saturated heterocycles. The Morgan fingerprint density at radius 3 is 1.81 bits per heavy atom. The van der Waals surface area contributed by atoms with E-state index in [4.69, 9.17) is 21.2 Å². The van der Waals surface area contributed by atoms with E-state index in [1.54, 1.807) is 0 Å². The average molecular weight is 426 g/mol. The van der Waals surface area contributed by atoms with E-state index in [1.165, 1.54) is 64.2 Å². The predicted octanol–water partition coefficient (Wildman–Crippen LogP) is 6.06. The molecule has 160 valence electrons. The maximum atomic E-state index is 11.6. The number of hydrogen-bond acceptors (Lipinski definition) is 4. The Bertz CT molecular complexity index is 381. The lowest BCUT2D eigenvalue weighted by Gasteiger charge is -2.10. The van der Waals surface area contributed by atoms with Crippen molar-refractivity contribution in [2.75, 3.05) is 6.61 Å². The third kappa shape index (κ3) is 18.9. The lowest BCUT2D eigenvalue weighted by atomic mass is 10.0. The third-order valence-electron chi connectivity index (χ3n) is 4.63. The van der Waals surface area contributed by atoms with Crippen molar-refractivity contribution in [2.24, 2.45) is 0 Å². The second kappa shape index (κ2) is 19.1. The molecule has 0 fully saturated rings. The largest absolute Gasteiger partial charge is 0.525 e. The van der Waals surface area contributed by atoms with Crippen molar-refractivity contribution >= 4 is 25.6 Å². The van der Waals surface area contributed by atoms with Crippen LogP contribution in [0.5, 0.6) is 0 Å². The number of carbonyl (C=O) groups excluding carboxylic acids is 1. The predicted molar refractivity (Wildman–Crippen MR) is 111 cm³/mol. The van der Waals surface area contributed by atoms with Crippen LogP contribution in [0.15, 0.2) is 0 Å². The van der Waals surface area contributed by atoms with Gasteiger partial charge in [0, 0.05) is 12.8 Å². The topological polar surface area (TPSA) is 83.8 Å². The maximum absolute atomic E-state index is 11.6. The van der Waals surface area contributed by atoms with Crippen LogP contribution in [-0.2, 0) is 14.1 Å². The van der Waals surface area contributed by atoms with E-state index in [9.17, 15) is 14.5 Å². The molecule has 5 nitrogen and oxygen atoms in total. The van der Waals surface area contributed by atoms with Crippen molar-refractivity contribution in [1.82, 2.24) is 0 Å². The number of rotatable bonds is 19. The van der Waals surface area contributed by atoms with Crippen molar-refractivity contribution in [3.63, 3.8) is 0 Å². The molecule has 3 atom stereocenters. The molecule has 0 saturated carbocycles. The van der Waals surface area contributed by atoms with Gasteiger partial charge in [-0.1, -0.05) is 95.6 Å². The normalized spacial score (nSPS) is 14.0. The van der Waals surface area contributed by atoms with Crippen LogP contribution in [-0.4, -0.2) is 33.8 Å². The molecule has 0 aromatic heterocycles. The van der Waals surface area contributed by atoms with Crippen LogP contribution in [0.1, 0.15) is 103 Å². The van der Waals surface area contributed by atoms with Crippen LogP contribution in [0.4, 0.5) is 0 Å². The number of carbonyl (C=O) groups is 1. The summed E-state index contributed by atoms with van der Waals surface area (Å²) in [7, 11) is -2.53. The zero-order chi connectivity index (χ0) is 20.3. The molecule has 27 heavy (non-hydrogen) atoms. The Labute approximate surface area is 171 Å². The van der Waals surface area contributed by atoms with Gasteiger partial charge >= 0.3 is 14.0 Å². The molecular formula is C20H39ClO5P+. The standard InChI is InChI=1S/C20H38ClO5P/c1-2-3-4-5-6-7-8-9-10-11-12-13-14-15-20(23)26-17-18(22)16-19(21)27(24)25/h18-19,22H,2-17H2,1H3/p+1/t18-,19?/m0/s1. The number of aliphatic hydroxyl groups is 1. The fraction of sp³-hybridized carbons (Fsp3) is 0.950. The summed E-state index contributed by atoms with van der Waals surface area (Å²) in [6.07, 6.45) is 15.6. The molecule has 0 bridgehead atoms. The SMILES string of the molecule is CCCCCCCCCCCCCCCC(=O)OC[C@@H](O)CC(Cl)[P+](=O)O. The number of alkyl halides is 1. The smallest absolute Gasteiger partial charge is 0.463 e. The van der Waals surface area contributed by atoms with Crippen LogP contribution >= 0.6 is 19.6 Å². The highest BCUT2D eigenvalue weighted by atomic mass is 35.5. The number of ether oxygens (including phenoxy) is 1. The van der Waals surface area contributed by atoms with E-state index < -0.39 is 19.3 Å². The van der Waals surface area contributed by atoms with Crippen molar-refractivity contribution in [3.05, 3.63) is 0 Å². The zero-order valence-electron chi connectivity index (χ0n) is 16.9. The summed E-state index contributed by atoms with van der Waals surface area (Å²) in [5.74, 6) is -0.336. The molecule has 0 aliphatic carbocycles. The molecule has 0 aromatic carbocycles. The Kier molecular flexibility index (Phi) is 19.0. The van der Waals surface area contributed by atoms with Crippen molar-refractivity contribution in [2.45, 2.75) is 114 Å². The zero-order valence-corrected chi connectivity index (χ0v) is 18.6. The number of hydrogen-bond donors (Lipinski definition) is 2. The third-order valence-corrected chi connectivity index (χ3v) is 6.00. The minimum atomic E-state index is -2.53. The van der Waals surface area contributed by atoms with Crippen LogP contribution in [0.25, 0.3) is 0 Å².